The van der Waals surface area contributed by atoms with Crippen LogP contribution >= 0.6 is 0 Å². The number of amides is 2. The maximum absolute atomic E-state index is 12.4. The van der Waals surface area contributed by atoms with Gasteiger partial charge in [0.1, 0.15) is 0 Å². The van der Waals surface area contributed by atoms with Crippen LogP contribution < -0.4 is 20.1 Å². The standard InChI is InChI=1S/C15H16F2N4O4/c1-18-14(23)12-9(7-21(2)20-12)19-13(22)8-4-5-10(25-15(16)17)11(6-8)24-3/h4-7,15H,1-3H3,(H,18,23)(H,19,22). The second-order valence-electron chi connectivity index (χ2n) is 4.84. The van der Waals surface area contributed by atoms with Gasteiger partial charge in [-0.3, -0.25) is 14.3 Å². The first kappa shape index (κ1) is 18.2. The van der Waals surface area contributed by atoms with E-state index in [2.05, 4.69) is 20.5 Å². The third kappa shape index (κ3) is 4.22. The van der Waals surface area contributed by atoms with Crippen molar-refractivity contribution in [1.29, 1.82) is 0 Å². The van der Waals surface area contributed by atoms with Gasteiger partial charge in [0.05, 0.1) is 12.8 Å². The molecule has 0 radical (unpaired) electrons. The van der Waals surface area contributed by atoms with Crippen LogP contribution in [0.25, 0.3) is 0 Å². The molecule has 25 heavy (non-hydrogen) atoms. The van der Waals surface area contributed by atoms with Gasteiger partial charge in [-0.15, -0.1) is 0 Å². The first-order valence-corrected chi connectivity index (χ1v) is 7.05. The molecule has 2 amide bonds. The fourth-order valence-corrected chi connectivity index (χ4v) is 2.06. The maximum Gasteiger partial charge on any atom is 0.387 e. The van der Waals surface area contributed by atoms with E-state index in [1.165, 1.54) is 43.2 Å². The van der Waals surface area contributed by atoms with Crippen LogP contribution in [0.1, 0.15) is 20.8 Å². The van der Waals surface area contributed by atoms with Crippen LogP contribution in [0, 0.1) is 0 Å². The summed E-state index contributed by atoms with van der Waals surface area (Å²) in [5, 5.41) is 8.94. The zero-order valence-corrected chi connectivity index (χ0v) is 13.7. The summed E-state index contributed by atoms with van der Waals surface area (Å²) in [5.74, 6) is -1.25. The van der Waals surface area contributed by atoms with E-state index in [0.717, 1.165) is 0 Å². The Labute approximate surface area is 141 Å². The number of anilines is 1. The normalized spacial score (nSPS) is 10.5. The highest BCUT2D eigenvalue weighted by molar-refractivity contribution is 6.08. The molecule has 0 atom stereocenters. The number of hydrogen-bond acceptors (Lipinski definition) is 5. The molecule has 0 aliphatic heterocycles. The van der Waals surface area contributed by atoms with Crippen LogP contribution in [0.3, 0.4) is 0 Å². The fourth-order valence-electron chi connectivity index (χ4n) is 2.06. The van der Waals surface area contributed by atoms with Crippen LogP contribution in [0.15, 0.2) is 24.4 Å². The van der Waals surface area contributed by atoms with Gasteiger partial charge in [-0.1, -0.05) is 0 Å². The number of nitrogens with zero attached hydrogens (tertiary/aromatic N) is 2. The molecule has 0 unspecified atom stereocenters. The molecule has 10 heteroatoms. The Morgan fingerprint density at radius 3 is 2.56 bits per heavy atom. The highest BCUT2D eigenvalue weighted by Crippen LogP contribution is 2.29. The molecule has 0 aliphatic carbocycles. The molecule has 0 aliphatic rings. The lowest BCUT2D eigenvalue weighted by Gasteiger charge is -2.11. The van der Waals surface area contributed by atoms with Gasteiger partial charge in [-0.05, 0) is 18.2 Å². The summed E-state index contributed by atoms with van der Waals surface area (Å²) in [7, 11) is 4.30. The van der Waals surface area contributed by atoms with Gasteiger partial charge >= 0.3 is 6.61 Å². The molecular formula is C15H16F2N4O4. The van der Waals surface area contributed by atoms with Crippen molar-refractivity contribution in [2.24, 2.45) is 7.05 Å². The Balaban J connectivity index is 2.26. The predicted octanol–water partition coefficient (Wildman–Crippen LogP) is 1.64. The quantitative estimate of drug-likeness (QED) is 0.822. The number of halogens is 2. The van der Waals surface area contributed by atoms with E-state index in [4.69, 9.17) is 4.74 Å². The molecule has 8 nitrogen and oxygen atoms in total. The van der Waals surface area contributed by atoms with Crippen molar-refractivity contribution in [2.75, 3.05) is 19.5 Å². The summed E-state index contributed by atoms with van der Waals surface area (Å²) in [6.45, 7) is -3.01. The fraction of sp³-hybridized carbons (Fsp3) is 0.267. The summed E-state index contributed by atoms with van der Waals surface area (Å²) in [6.07, 6.45) is 1.47. The number of aryl methyl sites for hydroxylation is 1. The molecule has 0 fully saturated rings. The number of methoxy groups -OCH3 is 1. The summed E-state index contributed by atoms with van der Waals surface area (Å²) < 4.78 is 35.3. The Morgan fingerprint density at radius 2 is 1.96 bits per heavy atom. The van der Waals surface area contributed by atoms with Gasteiger partial charge in [-0.25, -0.2) is 0 Å². The van der Waals surface area contributed by atoms with Crippen molar-refractivity contribution >= 4 is 17.5 Å². The van der Waals surface area contributed by atoms with Gasteiger partial charge in [0.2, 0.25) is 0 Å². The first-order valence-electron chi connectivity index (χ1n) is 7.05. The second-order valence-corrected chi connectivity index (χ2v) is 4.84. The molecule has 0 saturated carbocycles. The van der Waals surface area contributed by atoms with Crippen molar-refractivity contribution in [3.8, 4) is 11.5 Å². The number of alkyl halides is 2. The molecule has 0 saturated heterocycles. The molecule has 0 spiro atoms. The third-order valence-electron chi connectivity index (χ3n) is 3.16. The minimum absolute atomic E-state index is 0.0225. The number of hydrogen-bond donors (Lipinski definition) is 2. The smallest absolute Gasteiger partial charge is 0.387 e. The van der Waals surface area contributed by atoms with Crippen molar-refractivity contribution in [3.63, 3.8) is 0 Å². The van der Waals surface area contributed by atoms with E-state index in [9.17, 15) is 18.4 Å². The SMILES string of the molecule is CNC(=O)c1nn(C)cc1NC(=O)c1ccc(OC(F)F)c(OC)c1. The summed E-state index contributed by atoms with van der Waals surface area (Å²) in [6, 6.07) is 3.75. The Morgan fingerprint density at radius 1 is 1.24 bits per heavy atom. The van der Waals surface area contributed by atoms with Crippen LogP contribution in [-0.4, -0.2) is 42.4 Å². The molecule has 134 valence electrons. The van der Waals surface area contributed by atoms with Crippen LogP contribution in [0.5, 0.6) is 11.5 Å². The van der Waals surface area contributed by atoms with Crippen molar-refractivity contribution in [1.82, 2.24) is 15.1 Å². The largest absolute Gasteiger partial charge is 0.493 e. The molecule has 2 aromatic rings. The minimum Gasteiger partial charge on any atom is -0.493 e. The number of rotatable bonds is 6. The van der Waals surface area contributed by atoms with Crippen molar-refractivity contribution in [3.05, 3.63) is 35.7 Å². The van der Waals surface area contributed by atoms with Crippen LogP contribution in [0.2, 0.25) is 0 Å². The van der Waals surface area contributed by atoms with Gasteiger partial charge < -0.3 is 20.1 Å². The monoisotopic (exact) mass is 354 g/mol. The summed E-state index contributed by atoms with van der Waals surface area (Å²) in [5.41, 5.74) is 0.381. The van der Waals surface area contributed by atoms with Crippen molar-refractivity contribution in [2.45, 2.75) is 6.61 Å². The van der Waals surface area contributed by atoms with E-state index in [0.29, 0.717) is 0 Å². The summed E-state index contributed by atoms with van der Waals surface area (Å²) in [4.78, 5) is 24.1. The zero-order valence-electron chi connectivity index (χ0n) is 13.7. The predicted molar refractivity (Wildman–Crippen MR) is 84.2 cm³/mol. The minimum atomic E-state index is -3.01. The zero-order chi connectivity index (χ0) is 18.6. The van der Waals surface area contributed by atoms with E-state index in [1.54, 1.807) is 7.05 Å². The average Bonchev–Trinajstić information content (AvgIpc) is 2.94. The lowest BCUT2D eigenvalue weighted by molar-refractivity contribution is -0.0512. The third-order valence-corrected chi connectivity index (χ3v) is 3.16. The average molecular weight is 354 g/mol. The van der Waals surface area contributed by atoms with Gasteiger partial charge in [0, 0.05) is 25.9 Å². The van der Waals surface area contributed by atoms with Crippen molar-refractivity contribution < 1.29 is 27.8 Å². The maximum atomic E-state index is 12.4. The van der Waals surface area contributed by atoms with E-state index < -0.39 is 18.4 Å². The summed E-state index contributed by atoms with van der Waals surface area (Å²) >= 11 is 0. The molecule has 2 rings (SSSR count). The molecule has 1 aromatic heterocycles. The Hall–Kier alpha value is -3.17. The molecule has 0 bridgehead atoms. The van der Waals surface area contributed by atoms with Gasteiger partial charge in [0.15, 0.2) is 17.2 Å². The van der Waals surface area contributed by atoms with Gasteiger partial charge in [0.25, 0.3) is 11.8 Å². The lowest BCUT2D eigenvalue weighted by Crippen LogP contribution is -2.21. The molecule has 1 aromatic carbocycles. The molecule has 1 heterocycles. The molecule has 2 N–H and O–H groups in total. The topological polar surface area (TPSA) is 94.5 Å². The number of aromatic nitrogens is 2. The van der Waals surface area contributed by atoms with E-state index >= 15 is 0 Å². The highest BCUT2D eigenvalue weighted by Gasteiger charge is 2.19. The van der Waals surface area contributed by atoms with Crippen LogP contribution in [-0.2, 0) is 7.05 Å². The number of ether oxygens (including phenoxy) is 2. The number of carbonyl (C=O) groups is 2. The number of carbonyl (C=O) groups excluding carboxylic acids is 2. The van der Waals surface area contributed by atoms with Gasteiger partial charge in [-0.2, -0.15) is 13.9 Å². The Kier molecular flexibility index (Phi) is 5.52. The van der Waals surface area contributed by atoms with Crippen LogP contribution in [0.4, 0.5) is 14.5 Å². The number of nitrogens with one attached hydrogen (secondary N) is 2. The molecular weight excluding hydrogens is 338 g/mol. The highest BCUT2D eigenvalue weighted by atomic mass is 19.3. The van der Waals surface area contributed by atoms with E-state index in [1.807, 2.05) is 0 Å². The first-order chi connectivity index (χ1) is 11.8. The number of benzene rings is 1. The Bertz CT molecular complexity index is 792. The second kappa shape index (κ2) is 7.60. The van der Waals surface area contributed by atoms with E-state index in [-0.39, 0.29) is 28.4 Å². The lowest BCUT2D eigenvalue weighted by atomic mass is 10.2.